The van der Waals surface area contributed by atoms with Crippen molar-refractivity contribution in [3.63, 3.8) is 0 Å². The third-order valence-corrected chi connectivity index (χ3v) is 5.55. The van der Waals surface area contributed by atoms with Crippen molar-refractivity contribution in [2.45, 2.75) is 26.8 Å². The van der Waals surface area contributed by atoms with Gasteiger partial charge in [0.25, 0.3) is 5.91 Å². The lowest BCUT2D eigenvalue weighted by molar-refractivity contribution is 0.0945. The molecule has 0 fully saturated rings. The van der Waals surface area contributed by atoms with Crippen LogP contribution in [0.2, 0.25) is 0 Å². The molecule has 0 radical (unpaired) electrons. The van der Waals surface area contributed by atoms with Gasteiger partial charge in [-0.25, -0.2) is 0 Å². The van der Waals surface area contributed by atoms with Crippen LogP contribution in [0.5, 0.6) is 11.5 Å². The molecule has 1 amide bonds. The Balaban J connectivity index is 1.50. The van der Waals surface area contributed by atoms with E-state index in [0.29, 0.717) is 36.7 Å². The highest BCUT2D eigenvalue weighted by Crippen LogP contribution is 2.28. The Hall–Kier alpha value is -3.67. The van der Waals surface area contributed by atoms with E-state index in [0.717, 1.165) is 28.0 Å². The van der Waals surface area contributed by atoms with Crippen LogP contribution >= 0.6 is 0 Å². The number of aryl methyl sites for hydroxylation is 2. The molecule has 0 atom stereocenters. The van der Waals surface area contributed by atoms with E-state index in [1.54, 1.807) is 14.2 Å². The van der Waals surface area contributed by atoms with Crippen molar-refractivity contribution in [3.8, 4) is 11.5 Å². The zero-order valence-electron chi connectivity index (χ0n) is 18.9. The van der Waals surface area contributed by atoms with Crippen LogP contribution in [0.4, 0.5) is 0 Å². The fraction of sp³-hybridized carbons (Fsp3) is 0.269. The third kappa shape index (κ3) is 4.49. The van der Waals surface area contributed by atoms with E-state index in [1.807, 2.05) is 41.8 Å². The number of carbonyl (C=O) groups excluding carboxylic acids is 1. The molecule has 0 aliphatic heterocycles. The fourth-order valence-corrected chi connectivity index (χ4v) is 3.85. The van der Waals surface area contributed by atoms with Gasteiger partial charge in [0.1, 0.15) is 11.5 Å². The molecule has 4 aromatic rings. The van der Waals surface area contributed by atoms with Crippen LogP contribution < -0.4 is 14.8 Å². The van der Waals surface area contributed by atoms with E-state index in [9.17, 15) is 4.79 Å². The van der Waals surface area contributed by atoms with Gasteiger partial charge in [-0.15, -0.1) is 0 Å². The first kappa shape index (κ1) is 21.6. The lowest BCUT2D eigenvalue weighted by Crippen LogP contribution is -2.28. The molecule has 2 aromatic heterocycles. The van der Waals surface area contributed by atoms with Gasteiger partial charge in [-0.3, -0.25) is 4.79 Å². The van der Waals surface area contributed by atoms with Crippen molar-refractivity contribution in [2.24, 2.45) is 0 Å². The maximum Gasteiger partial charge on any atom is 0.268 e. The summed E-state index contributed by atoms with van der Waals surface area (Å²) in [5.41, 5.74) is 5.63. The van der Waals surface area contributed by atoms with Crippen molar-refractivity contribution in [1.29, 1.82) is 0 Å². The molecular formula is C26H28N2O4. The molecule has 0 aliphatic carbocycles. The second-order valence-electron chi connectivity index (χ2n) is 7.90. The molecule has 0 saturated carbocycles. The number of rotatable bonds is 8. The summed E-state index contributed by atoms with van der Waals surface area (Å²) in [6.45, 7) is 5.08. The lowest BCUT2D eigenvalue weighted by Gasteiger charge is -2.12. The first-order chi connectivity index (χ1) is 15.5. The number of benzene rings is 2. The van der Waals surface area contributed by atoms with Gasteiger partial charge in [0, 0.05) is 25.2 Å². The number of hydrogen-bond acceptors (Lipinski definition) is 4. The number of furan rings is 1. The molecule has 6 nitrogen and oxygen atoms in total. The maximum atomic E-state index is 13.1. The van der Waals surface area contributed by atoms with Gasteiger partial charge in [-0.2, -0.15) is 0 Å². The van der Waals surface area contributed by atoms with Gasteiger partial charge in [0.05, 0.1) is 19.7 Å². The smallest absolute Gasteiger partial charge is 0.268 e. The Morgan fingerprint density at radius 2 is 1.66 bits per heavy atom. The number of fused-ring (bicyclic) bond motifs is 1. The topological polar surface area (TPSA) is 65.6 Å². The zero-order chi connectivity index (χ0) is 22.7. The van der Waals surface area contributed by atoms with E-state index >= 15 is 0 Å². The fourth-order valence-electron chi connectivity index (χ4n) is 3.85. The number of nitrogens with zero attached hydrogens (tertiary/aromatic N) is 1. The number of carbonyl (C=O) groups is 1. The minimum Gasteiger partial charge on any atom is -0.493 e. The van der Waals surface area contributed by atoms with Gasteiger partial charge in [-0.05, 0) is 43.5 Å². The number of methoxy groups -OCH3 is 2. The van der Waals surface area contributed by atoms with Crippen molar-refractivity contribution >= 4 is 17.0 Å². The summed E-state index contributed by atoms with van der Waals surface area (Å²) in [5.74, 6) is 2.07. The van der Waals surface area contributed by atoms with E-state index in [2.05, 4.69) is 36.5 Å². The molecule has 0 saturated heterocycles. The van der Waals surface area contributed by atoms with Crippen LogP contribution in [0.25, 0.3) is 11.1 Å². The van der Waals surface area contributed by atoms with E-state index < -0.39 is 0 Å². The molecule has 0 spiro atoms. The molecular weight excluding hydrogens is 404 g/mol. The van der Waals surface area contributed by atoms with Crippen LogP contribution in [-0.2, 0) is 13.0 Å². The second-order valence-corrected chi connectivity index (χ2v) is 7.90. The standard InChI is InChI=1S/C26H28N2O4/c1-17-5-7-20(8-6-17)16-28-21-13-18(2)32-24(21)15-22(28)26(29)27-12-11-19-9-10-23(30-3)25(14-19)31-4/h5-10,13-15H,11-12,16H2,1-4H3,(H,27,29). The van der Waals surface area contributed by atoms with Gasteiger partial charge in [-0.1, -0.05) is 35.9 Å². The van der Waals surface area contributed by atoms with Crippen LogP contribution in [0.15, 0.2) is 59.0 Å². The van der Waals surface area contributed by atoms with Gasteiger partial charge >= 0.3 is 0 Å². The van der Waals surface area contributed by atoms with Crippen molar-refractivity contribution in [2.75, 3.05) is 20.8 Å². The molecule has 2 heterocycles. The number of nitrogens with one attached hydrogen (secondary N) is 1. The molecule has 0 aliphatic rings. The second kappa shape index (κ2) is 9.22. The summed E-state index contributed by atoms with van der Waals surface area (Å²) < 4.78 is 18.5. The van der Waals surface area contributed by atoms with Crippen molar-refractivity contribution in [1.82, 2.24) is 9.88 Å². The summed E-state index contributed by atoms with van der Waals surface area (Å²) >= 11 is 0. The quantitative estimate of drug-likeness (QED) is 0.431. The van der Waals surface area contributed by atoms with E-state index in [1.165, 1.54) is 5.56 Å². The number of ether oxygens (including phenoxy) is 2. The minimum absolute atomic E-state index is 0.123. The monoisotopic (exact) mass is 432 g/mol. The van der Waals surface area contributed by atoms with Crippen LogP contribution in [0, 0.1) is 13.8 Å². The van der Waals surface area contributed by atoms with Gasteiger partial charge in [0.2, 0.25) is 0 Å². The first-order valence-corrected chi connectivity index (χ1v) is 10.6. The summed E-state index contributed by atoms with van der Waals surface area (Å²) in [4.78, 5) is 13.1. The van der Waals surface area contributed by atoms with Crippen molar-refractivity contribution in [3.05, 3.63) is 82.7 Å². The Morgan fingerprint density at radius 1 is 0.938 bits per heavy atom. The Morgan fingerprint density at radius 3 is 2.38 bits per heavy atom. The minimum atomic E-state index is -0.123. The molecule has 0 unspecified atom stereocenters. The molecule has 32 heavy (non-hydrogen) atoms. The zero-order valence-corrected chi connectivity index (χ0v) is 18.9. The lowest BCUT2D eigenvalue weighted by atomic mass is 10.1. The predicted octanol–water partition coefficient (Wildman–Crippen LogP) is 4.89. The summed E-state index contributed by atoms with van der Waals surface area (Å²) in [7, 11) is 3.23. The first-order valence-electron chi connectivity index (χ1n) is 10.6. The summed E-state index contributed by atoms with van der Waals surface area (Å²) in [6.07, 6.45) is 0.681. The predicted molar refractivity (Wildman–Crippen MR) is 125 cm³/mol. The SMILES string of the molecule is COc1ccc(CCNC(=O)c2cc3oc(C)cc3n2Cc2ccc(C)cc2)cc1OC. The Kier molecular flexibility index (Phi) is 6.21. The van der Waals surface area contributed by atoms with Crippen molar-refractivity contribution < 1.29 is 18.7 Å². The number of amides is 1. The Bertz CT molecular complexity index is 1230. The molecule has 166 valence electrons. The largest absolute Gasteiger partial charge is 0.493 e. The highest BCUT2D eigenvalue weighted by Gasteiger charge is 2.18. The van der Waals surface area contributed by atoms with Gasteiger partial charge < -0.3 is 23.8 Å². The highest BCUT2D eigenvalue weighted by molar-refractivity contribution is 5.97. The van der Waals surface area contributed by atoms with Crippen LogP contribution in [0.1, 0.15) is 32.9 Å². The van der Waals surface area contributed by atoms with E-state index in [4.69, 9.17) is 13.9 Å². The van der Waals surface area contributed by atoms with Crippen LogP contribution in [0.3, 0.4) is 0 Å². The molecule has 2 aromatic carbocycles. The number of aromatic nitrogens is 1. The highest BCUT2D eigenvalue weighted by atomic mass is 16.5. The average molecular weight is 433 g/mol. The molecule has 1 N–H and O–H groups in total. The average Bonchev–Trinajstić information content (AvgIpc) is 3.31. The molecule has 4 rings (SSSR count). The normalized spacial score (nSPS) is 11.0. The van der Waals surface area contributed by atoms with E-state index in [-0.39, 0.29) is 5.91 Å². The van der Waals surface area contributed by atoms with Crippen LogP contribution in [-0.4, -0.2) is 31.2 Å². The van der Waals surface area contributed by atoms with Gasteiger partial charge in [0.15, 0.2) is 17.1 Å². The molecule has 6 heteroatoms. The molecule has 0 bridgehead atoms. The summed E-state index contributed by atoms with van der Waals surface area (Å²) in [6, 6.07) is 17.9. The number of hydrogen-bond donors (Lipinski definition) is 1. The Labute approximate surface area is 187 Å². The maximum absolute atomic E-state index is 13.1. The third-order valence-electron chi connectivity index (χ3n) is 5.55. The summed E-state index contributed by atoms with van der Waals surface area (Å²) in [5, 5.41) is 3.04.